The molecule has 1 aliphatic rings. The Balaban J connectivity index is 2.12. The summed E-state index contributed by atoms with van der Waals surface area (Å²) in [5, 5.41) is -0.139. The van der Waals surface area contributed by atoms with Gasteiger partial charge in [-0.3, -0.25) is 9.69 Å². The number of anilines is 1. The van der Waals surface area contributed by atoms with Crippen molar-refractivity contribution in [2.45, 2.75) is 6.18 Å². The van der Waals surface area contributed by atoms with Gasteiger partial charge in [0.1, 0.15) is 0 Å². The molecule has 1 aliphatic heterocycles. The molecular formula is C15H18ClF3N2O2. The Morgan fingerprint density at radius 1 is 1.26 bits per heavy atom. The van der Waals surface area contributed by atoms with Gasteiger partial charge in [-0.1, -0.05) is 17.7 Å². The van der Waals surface area contributed by atoms with E-state index in [0.717, 1.165) is 25.7 Å². The number of alkyl halides is 3. The topological polar surface area (TPSA) is 32.8 Å². The van der Waals surface area contributed by atoms with E-state index in [4.69, 9.17) is 16.3 Å². The maximum absolute atomic E-state index is 12.6. The van der Waals surface area contributed by atoms with E-state index < -0.39 is 17.5 Å². The molecule has 1 aromatic rings. The molecule has 0 aromatic heterocycles. The third-order valence-corrected chi connectivity index (χ3v) is 4.20. The molecule has 0 radical (unpaired) electrons. The van der Waals surface area contributed by atoms with E-state index in [1.165, 1.54) is 6.07 Å². The van der Waals surface area contributed by atoms with E-state index in [-0.39, 0.29) is 5.02 Å². The van der Waals surface area contributed by atoms with Crippen molar-refractivity contribution in [1.29, 1.82) is 0 Å². The minimum absolute atomic E-state index is 0.139. The zero-order valence-corrected chi connectivity index (χ0v) is 13.5. The predicted octanol–water partition coefficient (Wildman–Crippen LogP) is 2.85. The summed E-state index contributed by atoms with van der Waals surface area (Å²) in [4.78, 5) is 15.6. The lowest BCUT2D eigenvalue weighted by molar-refractivity contribution is -0.0885. The molecule has 1 heterocycles. The first-order chi connectivity index (χ1) is 10.8. The largest absolute Gasteiger partial charge is 0.454 e. The van der Waals surface area contributed by atoms with E-state index in [1.54, 1.807) is 13.2 Å². The summed E-state index contributed by atoms with van der Waals surface area (Å²) in [5.41, 5.74) is -0.0355. The van der Waals surface area contributed by atoms with Gasteiger partial charge in [0.25, 0.3) is 5.78 Å². The van der Waals surface area contributed by atoms with Crippen molar-refractivity contribution in [2.24, 2.45) is 0 Å². The van der Waals surface area contributed by atoms with Gasteiger partial charge in [-0.05, 0) is 12.1 Å². The SMILES string of the molecule is COCCN1CCN(c2cccc(C(=O)C(F)(F)F)c2Cl)CC1. The van der Waals surface area contributed by atoms with Crippen LogP contribution >= 0.6 is 11.6 Å². The number of ketones is 1. The van der Waals surface area contributed by atoms with E-state index in [1.807, 2.05) is 4.90 Å². The molecular weight excluding hydrogens is 333 g/mol. The second kappa shape index (κ2) is 7.51. The third kappa shape index (κ3) is 4.37. The zero-order valence-electron chi connectivity index (χ0n) is 12.7. The number of methoxy groups -OCH3 is 1. The molecule has 0 amide bonds. The average Bonchev–Trinajstić information content (AvgIpc) is 2.52. The molecule has 1 saturated heterocycles. The Kier molecular flexibility index (Phi) is 5.89. The lowest BCUT2D eigenvalue weighted by Crippen LogP contribution is -2.47. The number of benzene rings is 1. The molecule has 8 heteroatoms. The maximum Gasteiger partial charge on any atom is 0.454 e. The summed E-state index contributed by atoms with van der Waals surface area (Å²) in [5.74, 6) is -1.91. The fraction of sp³-hybridized carbons (Fsp3) is 0.533. The van der Waals surface area contributed by atoms with E-state index >= 15 is 0 Å². The van der Waals surface area contributed by atoms with Crippen LogP contribution in [0.2, 0.25) is 5.02 Å². The summed E-state index contributed by atoms with van der Waals surface area (Å²) in [6.07, 6.45) is -4.93. The minimum atomic E-state index is -4.93. The molecule has 23 heavy (non-hydrogen) atoms. The van der Waals surface area contributed by atoms with Crippen LogP contribution in [0.1, 0.15) is 10.4 Å². The standard InChI is InChI=1S/C15H18ClF3N2O2/c1-23-10-9-20-5-7-21(8-6-20)12-4-2-3-11(13(12)16)14(22)15(17,18)19/h2-4H,5-10H2,1H3. The minimum Gasteiger partial charge on any atom is -0.383 e. The smallest absolute Gasteiger partial charge is 0.383 e. The van der Waals surface area contributed by atoms with Gasteiger partial charge in [-0.2, -0.15) is 13.2 Å². The van der Waals surface area contributed by atoms with Crippen molar-refractivity contribution in [3.63, 3.8) is 0 Å². The van der Waals surface area contributed by atoms with Crippen LogP contribution in [0.15, 0.2) is 18.2 Å². The molecule has 2 rings (SSSR count). The number of nitrogens with zero attached hydrogens (tertiary/aromatic N) is 2. The highest BCUT2D eigenvalue weighted by Crippen LogP contribution is 2.33. The highest BCUT2D eigenvalue weighted by Gasteiger charge is 2.40. The van der Waals surface area contributed by atoms with Crippen LogP contribution in [0.4, 0.5) is 18.9 Å². The van der Waals surface area contributed by atoms with E-state index in [2.05, 4.69) is 4.90 Å². The van der Waals surface area contributed by atoms with Gasteiger partial charge < -0.3 is 9.64 Å². The number of hydrogen-bond acceptors (Lipinski definition) is 4. The molecule has 128 valence electrons. The molecule has 4 nitrogen and oxygen atoms in total. The number of carbonyl (C=O) groups excluding carboxylic acids is 1. The van der Waals surface area contributed by atoms with Crippen LogP contribution in [0.3, 0.4) is 0 Å². The molecule has 0 N–H and O–H groups in total. The fourth-order valence-corrected chi connectivity index (χ4v) is 2.86. The van der Waals surface area contributed by atoms with E-state index in [9.17, 15) is 18.0 Å². The van der Waals surface area contributed by atoms with Gasteiger partial charge >= 0.3 is 6.18 Å². The van der Waals surface area contributed by atoms with Crippen LogP contribution in [0, 0.1) is 0 Å². The molecule has 0 atom stereocenters. The number of ether oxygens (including phenoxy) is 1. The van der Waals surface area contributed by atoms with Gasteiger partial charge in [0.05, 0.1) is 17.3 Å². The van der Waals surface area contributed by atoms with Crippen molar-refractivity contribution in [2.75, 3.05) is 51.3 Å². The number of hydrogen-bond donors (Lipinski definition) is 0. The van der Waals surface area contributed by atoms with Gasteiger partial charge in [0.2, 0.25) is 0 Å². The van der Waals surface area contributed by atoms with Gasteiger partial charge in [0.15, 0.2) is 0 Å². The van der Waals surface area contributed by atoms with Gasteiger partial charge in [-0.25, -0.2) is 0 Å². The van der Waals surface area contributed by atoms with Crippen molar-refractivity contribution >= 4 is 23.1 Å². The first kappa shape index (κ1) is 18.0. The highest BCUT2D eigenvalue weighted by atomic mass is 35.5. The maximum atomic E-state index is 12.6. The Morgan fingerprint density at radius 2 is 1.91 bits per heavy atom. The Hall–Kier alpha value is -1.31. The second-order valence-electron chi connectivity index (χ2n) is 5.29. The van der Waals surface area contributed by atoms with Crippen molar-refractivity contribution < 1.29 is 22.7 Å². The second-order valence-corrected chi connectivity index (χ2v) is 5.67. The molecule has 0 spiro atoms. The first-order valence-corrected chi connectivity index (χ1v) is 7.58. The molecule has 0 bridgehead atoms. The van der Waals surface area contributed by atoms with Crippen LogP contribution in [-0.2, 0) is 4.74 Å². The van der Waals surface area contributed by atoms with Crippen molar-refractivity contribution in [1.82, 2.24) is 4.90 Å². The number of halogens is 4. The summed E-state index contributed by atoms with van der Waals surface area (Å²) < 4.78 is 42.9. The molecule has 1 fully saturated rings. The highest BCUT2D eigenvalue weighted by molar-refractivity contribution is 6.36. The van der Waals surface area contributed by atoms with Gasteiger partial charge in [0, 0.05) is 45.4 Å². The number of carbonyl (C=O) groups is 1. The number of Topliss-reactive ketones (excluding diaryl/α,β-unsaturated/α-hetero) is 1. The Labute approximate surface area is 137 Å². The summed E-state index contributed by atoms with van der Waals surface area (Å²) in [6, 6.07) is 4.17. The summed E-state index contributed by atoms with van der Waals surface area (Å²) in [7, 11) is 1.64. The lowest BCUT2D eigenvalue weighted by atomic mass is 10.1. The number of piperazine rings is 1. The summed E-state index contributed by atoms with van der Waals surface area (Å²) >= 11 is 6.07. The predicted molar refractivity (Wildman–Crippen MR) is 82.4 cm³/mol. The quantitative estimate of drug-likeness (QED) is 0.765. The van der Waals surface area contributed by atoms with Crippen molar-refractivity contribution in [3.05, 3.63) is 28.8 Å². The van der Waals surface area contributed by atoms with Crippen molar-refractivity contribution in [3.8, 4) is 0 Å². The lowest BCUT2D eigenvalue weighted by Gasteiger charge is -2.36. The third-order valence-electron chi connectivity index (χ3n) is 3.81. The van der Waals surface area contributed by atoms with Crippen LogP contribution in [0.5, 0.6) is 0 Å². The fourth-order valence-electron chi connectivity index (χ4n) is 2.52. The van der Waals surface area contributed by atoms with Crippen LogP contribution in [0.25, 0.3) is 0 Å². The van der Waals surface area contributed by atoms with Crippen LogP contribution < -0.4 is 4.90 Å². The van der Waals surface area contributed by atoms with E-state index in [0.29, 0.717) is 25.4 Å². The Morgan fingerprint density at radius 3 is 2.48 bits per heavy atom. The van der Waals surface area contributed by atoms with Gasteiger partial charge in [-0.15, -0.1) is 0 Å². The van der Waals surface area contributed by atoms with Crippen LogP contribution in [-0.4, -0.2) is 63.3 Å². The Bertz CT molecular complexity index is 558. The molecule has 0 unspecified atom stereocenters. The monoisotopic (exact) mass is 350 g/mol. The zero-order chi connectivity index (χ0) is 17.0. The number of rotatable bonds is 5. The first-order valence-electron chi connectivity index (χ1n) is 7.21. The molecule has 0 saturated carbocycles. The average molecular weight is 351 g/mol. The molecule has 0 aliphatic carbocycles. The molecule has 1 aromatic carbocycles. The summed E-state index contributed by atoms with van der Waals surface area (Å²) in [6.45, 7) is 4.23. The normalized spacial score (nSPS) is 16.7.